The number of fused-ring (bicyclic) bond motifs is 3. The topological polar surface area (TPSA) is 78.0 Å². The van der Waals surface area contributed by atoms with Crippen LogP contribution in [-0.2, 0) is 25.1 Å². The molecule has 0 bridgehead atoms. The molecule has 0 atom stereocenters. The normalized spacial score (nSPS) is 13.3. The molecule has 2 N–H and O–H groups in total. The monoisotopic (exact) mass is 371 g/mol. The van der Waals surface area contributed by atoms with Crippen LogP contribution >= 0.6 is 23.1 Å². The van der Waals surface area contributed by atoms with E-state index >= 15 is 0 Å². The zero-order valence-electron chi connectivity index (χ0n) is 13.5. The largest absolute Gasteiger partial charge is 0.361 e. The molecule has 3 aromatic rings. The molecular formula is C18H17N3O2S2. The van der Waals surface area contributed by atoms with Crippen LogP contribution in [0.4, 0.5) is 4.79 Å². The molecule has 5 nitrogen and oxygen atoms in total. The molecule has 0 spiro atoms. The number of thiophene rings is 1. The lowest BCUT2D eigenvalue weighted by molar-refractivity contribution is 0.267. The number of rotatable bonds is 4. The number of nitrogens with two attached hydrogens (primary N) is 1. The molecule has 0 fully saturated rings. The maximum Gasteiger partial charge on any atom is 0.276 e. The third-order valence-corrected chi connectivity index (χ3v) is 6.37. The standard InChI is InChI=1S/C18H17N3O2S2/c19-18(23)24-10-14-20-15-12-7-4-8-13(12)25-16(15)17(22)21(14)9-11-5-2-1-3-6-11/h1-3,5-6H,4,7-10H2,(H2,19,23). The Hall–Kier alpha value is -2.12. The van der Waals surface area contributed by atoms with Gasteiger partial charge in [0.25, 0.3) is 10.8 Å². The van der Waals surface area contributed by atoms with Crippen molar-refractivity contribution in [2.45, 2.75) is 31.6 Å². The lowest BCUT2D eigenvalue weighted by atomic mass is 10.2. The Balaban J connectivity index is 1.86. The van der Waals surface area contributed by atoms with Crippen molar-refractivity contribution in [2.75, 3.05) is 0 Å². The van der Waals surface area contributed by atoms with E-state index in [1.807, 2.05) is 30.3 Å². The Kier molecular flexibility index (Phi) is 4.35. The molecule has 0 unspecified atom stereocenters. The highest BCUT2D eigenvalue weighted by atomic mass is 32.2. The summed E-state index contributed by atoms with van der Waals surface area (Å²) in [4.78, 5) is 30.4. The van der Waals surface area contributed by atoms with Gasteiger partial charge < -0.3 is 5.73 Å². The molecule has 0 saturated heterocycles. The SMILES string of the molecule is NC(=O)SCc1nc2c3c(sc2c(=O)n1Cc1ccccc1)CCC3. The van der Waals surface area contributed by atoms with E-state index in [9.17, 15) is 9.59 Å². The second kappa shape index (κ2) is 6.65. The summed E-state index contributed by atoms with van der Waals surface area (Å²) in [5.41, 5.74) is 8.33. The van der Waals surface area contributed by atoms with Crippen LogP contribution in [0.5, 0.6) is 0 Å². The van der Waals surface area contributed by atoms with Crippen molar-refractivity contribution >= 4 is 38.6 Å². The minimum absolute atomic E-state index is 0.0201. The first-order valence-electron chi connectivity index (χ1n) is 8.13. The van der Waals surface area contributed by atoms with Gasteiger partial charge in [-0.25, -0.2) is 4.98 Å². The Morgan fingerprint density at radius 3 is 2.84 bits per heavy atom. The smallest absolute Gasteiger partial charge is 0.276 e. The summed E-state index contributed by atoms with van der Waals surface area (Å²) in [6, 6.07) is 9.81. The van der Waals surface area contributed by atoms with Crippen LogP contribution < -0.4 is 11.3 Å². The summed E-state index contributed by atoms with van der Waals surface area (Å²) in [7, 11) is 0. The van der Waals surface area contributed by atoms with Gasteiger partial charge in [-0.1, -0.05) is 42.1 Å². The molecule has 2 aromatic heterocycles. The minimum Gasteiger partial charge on any atom is -0.361 e. The maximum atomic E-state index is 13.1. The summed E-state index contributed by atoms with van der Waals surface area (Å²) in [5, 5.41) is -0.462. The van der Waals surface area contributed by atoms with Gasteiger partial charge in [-0.3, -0.25) is 14.2 Å². The molecule has 4 rings (SSSR count). The summed E-state index contributed by atoms with van der Waals surface area (Å²) < 4.78 is 2.41. The van der Waals surface area contributed by atoms with Gasteiger partial charge >= 0.3 is 0 Å². The van der Waals surface area contributed by atoms with E-state index in [1.54, 1.807) is 15.9 Å². The summed E-state index contributed by atoms with van der Waals surface area (Å²) in [6.07, 6.45) is 3.13. The first-order valence-corrected chi connectivity index (χ1v) is 9.94. The highest BCUT2D eigenvalue weighted by Crippen LogP contribution is 2.35. The number of carbonyl (C=O) groups excluding carboxylic acids is 1. The molecule has 128 valence electrons. The molecule has 25 heavy (non-hydrogen) atoms. The van der Waals surface area contributed by atoms with Crippen molar-refractivity contribution < 1.29 is 4.79 Å². The van der Waals surface area contributed by atoms with Crippen molar-refractivity contribution in [2.24, 2.45) is 5.73 Å². The van der Waals surface area contributed by atoms with Crippen molar-refractivity contribution in [3.63, 3.8) is 0 Å². The van der Waals surface area contributed by atoms with E-state index in [2.05, 4.69) is 0 Å². The Labute approximate surface area is 152 Å². The number of hydrogen-bond acceptors (Lipinski definition) is 5. The second-order valence-corrected chi connectivity index (χ2v) is 8.13. The third-order valence-electron chi connectivity index (χ3n) is 4.41. The van der Waals surface area contributed by atoms with Gasteiger partial charge in [-0.2, -0.15) is 0 Å². The first kappa shape index (κ1) is 16.4. The van der Waals surface area contributed by atoms with Gasteiger partial charge in [0, 0.05) is 4.88 Å². The zero-order valence-corrected chi connectivity index (χ0v) is 15.2. The number of primary amides is 1. The molecule has 1 aromatic carbocycles. The average Bonchev–Trinajstić information content (AvgIpc) is 3.18. The van der Waals surface area contributed by atoms with Gasteiger partial charge in [0.1, 0.15) is 10.5 Å². The Morgan fingerprint density at radius 1 is 1.28 bits per heavy atom. The molecule has 1 aliphatic carbocycles. The lowest BCUT2D eigenvalue weighted by Crippen LogP contribution is -2.25. The number of thioether (sulfide) groups is 1. The fourth-order valence-corrected chi connectivity index (χ4v) is 5.02. The van der Waals surface area contributed by atoms with Crippen LogP contribution in [0.2, 0.25) is 0 Å². The van der Waals surface area contributed by atoms with Gasteiger partial charge in [0.15, 0.2) is 0 Å². The molecule has 1 amide bonds. The molecule has 0 saturated carbocycles. The first-order chi connectivity index (χ1) is 12.1. The van der Waals surface area contributed by atoms with Gasteiger partial charge in [0.2, 0.25) is 0 Å². The van der Waals surface area contributed by atoms with E-state index in [-0.39, 0.29) is 5.56 Å². The third kappa shape index (κ3) is 3.09. The number of aryl methyl sites for hydroxylation is 2. The van der Waals surface area contributed by atoms with Crippen LogP contribution in [0.1, 0.15) is 28.2 Å². The van der Waals surface area contributed by atoms with Crippen molar-refractivity contribution in [3.05, 3.63) is 62.5 Å². The fourth-order valence-electron chi connectivity index (χ4n) is 3.26. The number of hydrogen-bond donors (Lipinski definition) is 1. The predicted octanol–water partition coefficient (Wildman–Crippen LogP) is 3.31. The molecule has 0 radical (unpaired) electrons. The van der Waals surface area contributed by atoms with Crippen molar-refractivity contribution in [3.8, 4) is 0 Å². The van der Waals surface area contributed by atoms with Gasteiger partial charge in [-0.15, -0.1) is 11.3 Å². The van der Waals surface area contributed by atoms with E-state index in [1.165, 1.54) is 10.4 Å². The number of carbonyl (C=O) groups is 1. The number of aromatic nitrogens is 2. The zero-order chi connectivity index (χ0) is 17.4. The molecule has 2 heterocycles. The lowest BCUT2D eigenvalue weighted by Gasteiger charge is -2.12. The highest BCUT2D eigenvalue weighted by Gasteiger charge is 2.23. The van der Waals surface area contributed by atoms with Crippen LogP contribution in [0, 0.1) is 0 Å². The summed E-state index contributed by atoms with van der Waals surface area (Å²) in [6.45, 7) is 0.444. The highest BCUT2D eigenvalue weighted by molar-refractivity contribution is 8.12. The van der Waals surface area contributed by atoms with Gasteiger partial charge in [0.05, 0.1) is 17.8 Å². The number of nitrogens with zero attached hydrogens (tertiary/aromatic N) is 2. The molecular weight excluding hydrogens is 354 g/mol. The number of amides is 1. The van der Waals surface area contributed by atoms with Crippen LogP contribution in [0.25, 0.3) is 10.2 Å². The second-order valence-electron chi connectivity index (χ2n) is 6.05. The molecule has 0 aliphatic heterocycles. The number of benzene rings is 1. The summed E-state index contributed by atoms with van der Waals surface area (Å²) in [5.74, 6) is 0.912. The van der Waals surface area contributed by atoms with Crippen molar-refractivity contribution in [1.82, 2.24) is 9.55 Å². The van der Waals surface area contributed by atoms with E-state index < -0.39 is 5.24 Å². The quantitative estimate of drug-likeness (QED) is 0.763. The molecule has 7 heteroatoms. The van der Waals surface area contributed by atoms with Crippen LogP contribution in [-0.4, -0.2) is 14.8 Å². The molecule has 1 aliphatic rings. The predicted molar refractivity (Wildman–Crippen MR) is 102 cm³/mol. The Bertz CT molecular complexity index is 1010. The van der Waals surface area contributed by atoms with Crippen LogP contribution in [0.3, 0.4) is 0 Å². The van der Waals surface area contributed by atoms with E-state index in [4.69, 9.17) is 10.7 Å². The van der Waals surface area contributed by atoms with Crippen molar-refractivity contribution in [1.29, 1.82) is 0 Å². The van der Waals surface area contributed by atoms with E-state index in [0.717, 1.165) is 46.8 Å². The van der Waals surface area contributed by atoms with Gasteiger partial charge in [-0.05, 0) is 30.4 Å². The van der Waals surface area contributed by atoms with E-state index in [0.29, 0.717) is 18.1 Å². The minimum atomic E-state index is -0.462. The van der Waals surface area contributed by atoms with Crippen LogP contribution in [0.15, 0.2) is 35.1 Å². The summed E-state index contributed by atoms with van der Waals surface area (Å²) >= 11 is 2.56. The Morgan fingerprint density at radius 2 is 2.08 bits per heavy atom. The fraction of sp³-hybridized carbons (Fsp3) is 0.278. The average molecular weight is 371 g/mol. The maximum absolute atomic E-state index is 13.1.